The van der Waals surface area contributed by atoms with Gasteiger partial charge in [0, 0.05) is 11.3 Å². The predicted molar refractivity (Wildman–Crippen MR) is 63.4 cm³/mol. The van der Waals surface area contributed by atoms with E-state index in [1.165, 1.54) is 0 Å². The highest BCUT2D eigenvalue weighted by Gasteiger charge is 2.80. The molecule has 1 fully saturated rings. The molecule has 0 amide bonds. The first-order valence-corrected chi connectivity index (χ1v) is 5.78. The fraction of sp³-hybridized carbons (Fsp3) is 0.692. The van der Waals surface area contributed by atoms with Gasteiger partial charge in [0.2, 0.25) is 0 Å². The van der Waals surface area contributed by atoms with Gasteiger partial charge in [0.05, 0.1) is 6.61 Å². The standard InChI is InChI=1S/C13H20O4/c1-6-17-11(16)13(10(14)15)9(7-8(2)3)12(13,4)5/h7,9H,6H2,1-5H3,(H,14,15). The van der Waals surface area contributed by atoms with Crippen molar-refractivity contribution in [3.8, 4) is 0 Å². The molecule has 1 aliphatic carbocycles. The van der Waals surface area contributed by atoms with Crippen LogP contribution in [0.15, 0.2) is 11.6 Å². The van der Waals surface area contributed by atoms with Crippen LogP contribution in [0.2, 0.25) is 0 Å². The minimum absolute atomic E-state index is 0.200. The summed E-state index contributed by atoms with van der Waals surface area (Å²) in [6.07, 6.45) is 1.85. The van der Waals surface area contributed by atoms with Crippen LogP contribution in [0.25, 0.3) is 0 Å². The maximum atomic E-state index is 11.9. The summed E-state index contributed by atoms with van der Waals surface area (Å²) in [5, 5.41) is 9.39. The summed E-state index contributed by atoms with van der Waals surface area (Å²) in [5.74, 6) is -2.01. The Morgan fingerprint density at radius 1 is 1.35 bits per heavy atom. The molecular formula is C13H20O4. The van der Waals surface area contributed by atoms with Gasteiger partial charge in [0.1, 0.15) is 0 Å². The van der Waals surface area contributed by atoms with Crippen molar-refractivity contribution in [2.24, 2.45) is 16.7 Å². The first-order valence-electron chi connectivity index (χ1n) is 5.78. The molecular weight excluding hydrogens is 220 g/mol. The van der Waals surface area contributed by atoms with E-state index >= 15 is 0 Å². The molecule has 0 spiro atoms. The van der Waals surface area contributed by atoms with E-state index in [0.29, 0.717) is 0 Å². The van der Waals surface area contributed by atoms with E-state index in [9.17, 15) is 14.7 Å². The van der Waals surface area contributed by atoms with Crippen molar-refractivity contribution in [3.05, 3.63) is 11.6 Å². The molecule has 2 unspecified atom stereocenters. The van der Waals surface area contributed by atoms with Crippen LogP contribution in [0.5, 0.6) is 0 Å². The van der Waals surface area contributed by atoms with Gasteiger partial charge < -0.3 is 9.84 Å². The van der Waals surface area contributed by atoms with Crippen LogP contribution in [-0.2, 0) is 14.3 Å². The third-order valence-corrected chi connectivity index (χ3v) is 3.61. The highest BCUT2D eigenvalue weighted by Crippen LogP contribution is 2.70. The Morgan fingerprint density at radius 2 is 1.88 bits per heavy atom. The highest BCUT2D eigenvalue weighted by molar-refractivity contribution is 6.05. The molecule has 1 N–H and O–H groups in total. The minimum Gasteiger partial charge on any atom is -0.480 e. The number of carboxylic acid groups (broad SMARTS) is 1. The maximum absolute atomic E-state index is 11.9. The van der Waals surface area contributed by atoms with Crippen molar-refractivity contribution in [2.75, 3.05) is 6.61 Å². The fourth-order valence-electron chi connectivity index (χ4n) is 2.60. The van der Waals surface area contributed by atoms with Crippen molar-refractivity contribution in [1.82, 2.24) is 0 Å². The average molecular weight is 240 g/mol. The summed E-state index contributed by atoms with van der Waals surface area (Å²) in [6, 6.07) is 0. The molecule has 96 valence electrons. The Morgan fingerprint density at radius 3 is 2.24 bits per heavy atom. The molecule has 0 aromatic rings. The molecule has 0 bridgehead atoms. The Labute approximate surface area is 102 Å². The summed E-state index contributed by atoms with van der Waals surface area (Å²) in [6.45, 7) is 9.26. The monoisotopic (exact) mass is 240 g/mol. The molecule has 0 aromatic heterocycles. The second-order valence-electron chi connectivity index (χ2n) is 5.28. The van der Waals surface area contributed by atoms with Crippen molar-refractivity contribution in [2.45, 2.75) is 34.6 Å². The number of esters is 1. The van der Waals surface area contributed by atoms with Gasteiger partial charge in [-0.05, 0) is 20.8 Å². The van der Waals surface area contributed by atoms with E-state index < -0.39 is 22.8 Å². The third kappa shape index (κ3) is 1.75. The predicted octanol–water partition coefficient (Wildman–Crippen LogP) is 2.24. The quantitative estimate of drug-likeness (QED) is 0.465. The Hall–Kier alpha value is -1.32. The highest BCUT2D eigenvalue weighted by atomic mass is 16.5. The van der Waals surface area contributed by atoms with Crippen LogP contribution in [0.1, 0.15) is 34.6 Å². The molecule has 0 heterocycles. The van der Waals surface area contributed by atoms with Gasteiger partial charge in [0.25, 0.3) is 0 Å². The molecule has 4 heteroatoms. The van der Waals surface area contributed by atoms with Gasteiger partial charge in [-0.3, -0.25) is 9.59 Å². The van der Waals surface area contributed by atoms with Crippen LogP contribution < -0.4 is 0 Å². The first-order chi connectivity index (χ1) is 7.72. The summed E-state index contributed by atoms with van der Waals surface area (Å²) < 4.78 is 4.93. The topological polar surface area (TPSA) is 63.6 Å². The fourth-order valence-corrected chi connectivity index (χ4v) is 2.60. The minimum atomic E-state index is -1.42. The van der Waals surface area contributed by atoms with Gasteiger partial charge >= 0.3 is 11.9 Å². The van der Waals surface area contributed by atoms with E-state index in [4.69, 9.17) is 4.74 Å². The molecule has 4 nitrogen and oxygen atoms in total. The van der Waals surface area contributed by atoms with E-state index in [0.717, 1.165) is 5.57 Å². The lowest BCUT2D eigenvalue weighted by Crippen LogP contribution is -2.33. The van der Waals surface area contributed by atoms with Gasteiger partial charge in [-0.15, -0.1) is 0 Å². The van der Waals surface area contributed by atoms with Gasteiger partial charge in [-0.2, -0.15) is 0 Å². The Balaban J connectivity index is 3.16. The number of carboxylic acids is 1. The molecule has 1 saturated carbocycles. The van der Waals surface area contributed by atoms with Crippen LogP contribution in [0, 0.1) is 16.7 Å². The largest absolute Gasteiger partial charge is 0.480 e. The number of rotatable bonds is 4. The number of hydrogen-bond acceptors (Lipinski definition) is 3. The number of allylic oxidation sites excluding steroid dienone is 2. The number of aliphatic carboxylic acids is 1. The van der Waals surface area contributed by atoms with E-state index in [-0.39, 0.29) is 12.5 Å². The third-order valence-electron chi connectivity index (χ3n) is 3.61. The smallest absolute Gasteiger partial charge is 0.324 e. The number of ether oxygens (including phenoxy) is 1. The van der Waals surface area contributed by atoms with E-state index in [2.05, 4.69) is 0 Å². The van der Waals surface area contributed by atoms with Gasteiger partial charge in [0.15, 0.2) is 5.41 Å². The van der Waals surface area contributed by atoms with Crippen LogP contribution in [-0.4, -0.2) is 23.7 Å². The number of carbonyl (C=O) groups excluding carboxylic acids is 1. The SMILES string of the molecule is CCOC(=O)C1(C(=O)O)C(C=C(C)C)C1(C)C. The van der Waals surface area contributed by atoms with Gasteiger partial charge in [-0.25, -0.2) is 0 Å². The lowest BCUT2D eigenvalue weighted by atomic mass is 9.96. The molecule has 2 atom stereocenters. The van der Waals surface area contributed by atoms with Crippen molar-refractivity contribution in [1.29, 1.82) is 0 Å². The van der Waals surface area contributed by atoms with Crippen LogP contribution >= 0.6 is 0 Å². The zero-order valence-corrected chi connectivity index (χ0v) is 11.0. The van der Waals surface area contributed by atoms with E-state index in [1.54, 1.807) is 20.8 Å². The Kier molecular flexibility index (Phi) is 3.37. The second kappa shape index (κ2) is 4.17. The maximum Gasteiger partial charge on any atom is 0.324 e. The van der Waals surface area contributed by atoms with Gasteiger partial charge in [-0.1, -0.05) is 25.5 Å². The molecule has 17 heavy (non-hydrogen) atoms. The van der Waals surface area contributed by atoms with Crippen molar-refractivity contribution in [3.63, 3.8) is 0 Å². The summed E-state index contributed by atoms with van der Waals surface area (Å²) in [4.78, 5) is 23.4. The van der Waals surface area contributed by atoms with Crippen molar-refractivity contribution >= 4 is 11.9 Å². The average Bonchev–Trinajstić information content (AvgIpc) is 2.63. The summed E-state index contributed by atoms with van der Waals surface area (Å²) in [7, 11) is 0. The first kappa shape index (κ1) is 13.7. The summed E-state index contributed by atoms with van der Waals surface area (Å²) >= 11 is 0. The number of carbonyl (C=O) groups is 2. The molecule has 0 saturated heterocycles. The Bertz CT molecular complexity index is 377. The zero-order chi connectivity index (χ0) is 13.4. The molecule has 0 radical (unpaired) electrons. The normalized spacial score (nSPS) is 29.4. The summed E-state index contributed by atoms with van der Waals surface area (Å²) in [5.41, 5.74) is -1.00. The zero-order valence-electron chi connectivity index (χ0n) is 11.0. The lowest BCUT2D eigenvalue weighted by Gasteiger charge is -2.13. The molecule has 1 rings (SSSR count). The second-order valence-corrected chi connectivity index (χ2v) is 5.28. The van der Waals surface area contributed by atoms with Crippen molar-refractivity contribution < 1.29 is 19.4 Å². The molecule has 0 aromatic carbocycles. The molecule has 0 aliphatic heterocycles. The van der Waals surface area contributed by atoms with Crippen LogP contribution in [0.3, 0.4) is 0 Å². The lowest BCUT2D eigenvalue weighted by molar-refractivity contribution is -0.163. The van der Waals surface area contributed by atoms with E-state index in [1.807, 2.05) is 19.9 Å². The molecule has 1 aliphatic rings. The van der Waals surface area contributed by atoms with Crippen LogP contribution in [0.4, 0.5) is 0 Å². The number of hydrogen-bond donors (Lipinski definition) is 1.